The van der Waals surface area contributed by atoms with E-state index in [2.05, 4.69) is 4.99 Å². The predicted molar refractivity (Wildman–Crippen MR) is 86.2 cm³/mol. The van der Waals surface area contributed by atoms with Crippen LogP contribution in [0.25, 0.3) is 0 Å². The Morgan fingerprint density at radius 1 is 1.42 bits per heavy atom. The number of hydrogen-bond acceptors (Lipinski definition) is 4. The summed E-state index contributed by atoms with van der Waals surface area (Å²) in [4.78, 5) is 17.7. The first-order valence-electron chi connectivity index (χ1n) is 7.77. The highest BCUT2D eigenvalue weighted by Gasteiger charge is 2.62. The Morgan fingerprint density at radius 3 is 2.54 bits per heavy atom. The molecule has 1 atom stereocenters. The number of hydrogen-bond donors (Lipinski definition) is 0. The van der Waals surface area contributed by atoms with E-state index in [1.807, 2.05) is 18.9 Å². The summed E-state index contributed by atoms with van der Waals surface area (Å²) in [5.41, 5.74) is -1.47. The van der Waals surface area contributed by atoms with Gasteiger partial charge >= 0.3 is 6.18 Å². The zero-order valence-electron chi connectivity index (χ0n) is 14.0. The highest BCUT2D eigenvalue weighted by Crippen LogP contribution is 2.51. The van der Waals surface area contributed by atoms with Gasteiger partial charge in [0, 0.05) is 30.3 Å². The van der Waals surface area contributed by atoms with Crippen molar-refractivity contribution in [3.8, 4) is 0 Å². The van der Waals surface area contributed by atoms with Crippen molar-refractivity contribution in [2.45, 2.75) is 32.0 Å². The van der Waals surface area contributed by atoms with Crippen LogP contribution in [0.1, 0.15) is 34.8 Å². The Morgan fingerprint density at radius 2 is 2.08 bits per heavy atom. The van der Waals surface area contributed by atoms with Crippen molar-refractivity contribution < 1.29 is 22.7 Å². The van der Waals surface area contributed by atoms with Crippen LogP contribution in [0, 0.1) is 6.92 Å². The summed E-state index contributed by atoms with van der Waals surface area (Å²) in [6.07, 6.45) is -2.63. The fraction of sp³-hybridized carbons (Fsp3) is 0.529. The Balaban J connectivity index is 2.39. The molecule has 0 saturated carbocycles. The quantitative estimate of drug-likeness (QED) is 0.585. The van der Waals surface area contributed by atoms with Crippen molar-refractivity contribution >= 4 is 18.2 Å². The number of ether oxygens (including phenoxy) is 1. The summed E-state index contributed by atoms with van der Waals surface area (Å²) in [7, 11) is 1.93. The molecule has 0 aromatic heterocycles. The molecule has 24 heavy (non-hydrogen) atoms. The molecule has 1 heterocycles. The molecule has 1 fully saturated rings. The molecular formula is C17H21F3N2O2. The van der Waals surface area contributed by atoms with E-state index in [4.69, 9.17) is 4.74 Å². The van der Waals surface area contributed by atoms with Gasteiger partial charge in [-0.05, 0) is 38.2 Å². The standard InChI is InChI=1S/C17H21F3N2O2/c1-4-22(3)7-6-21-15-10-13(11-23)14(9-12(15)2)16(5-8-24-16)17(18,19)20/h6,9-11H,4-5,7-8H2,1-3H3. The van der Waals surface area contributed by atoms with Crippen molar-refractivity contribution in [2.24, 2.45) is 4.99 Å². The average Bonchev–Trinajstić information content (AvgIpc) is 2.46. The first-order valence-corrected chi connectivity index (χ1v) is 7.77. The molecule has 1 aromatic carbocycles. The number of carbonyl (C=O) groups is 1. The molecule has 0 amide bonds. The summed E-state index contributed by atoms with van der Waals surface area (Å²) in [5, 5.41) is 0. The first-order chi connectivity index (χ1) is 11.2. The maximum absolute atomic E-state index is 13.4. The lowest BCUT2D eigenvalue weighted by molar-refractivity contribution is -0.333. The van der Waals surface area contributed by atoms with E-state index < -0.39 is 11.8 Å². The minimum atomic E-state index is -4.57. The van der Waals surface area contributed by atoms with Crippen LogP contribution in [0.15, 0.2) is 17.1 Å². The smallest absolute Gasteiger partial charge is 0.361 e. The number of aryl methyl sites for hydroxylation is 1. The van der Waals surface area contributed by atoms with Gasteiger partial charge in [-0.15, -0.1) is 0 Å². The lowest BCUT2D eigenvalue weighted by Crippen LogP contribution is -2.53. The van der Waals surface area contributed by atoms with Gasteiger partial charge < -0.3 is 9.64 Å². The average molecular weight is 342 g/mol. The van der Waals surface area contributed by atoms with E-state index in [-0.39, 0.29) is 24.2 Å². The van der Waals surface area contributed by atoms with Gasteiger partial charge in [0.15, 0.2) is 11.9 Å². The molecule has 0 radical (unpaired) electrons. The number of nitrogens with zero attached hydrogens (tertiary/aromatic N) is 2. The van der Waals surface area contributed by atoms with Crippen LogP contribution in [0.2, 0.25) is 0 Å². The predicted octanol–water partition coefficient (Wildman–Crippen LogP) is 3.64. The molecule has 2 rings (SSSR count). The number of alkyl halides is 3. The lowest BCUT2D eigenvalue weighted by Gasteiger charge is -2.44. The monoisotopic (exact) mass is 342 g/mol. The summed E-state index contributed by atoms with van der Waals surface area (Å²) in [5.74, 6) is 0. The number of rotatable bonds is 6. The van der Waals surface area contributed by atoms with Crippen molar-refractivity contribution in [3.63, 3.8) is 0 Å². The highest BCUT2D eigenvalue weighted by molar-refractivity contribution is 5.81. The molecule has 0 N–H and O–H groups in total. The lowest BCUT2D eigenvalue weighted by atomic mass is 9.82. The second kappa shape index (κ2) is 7.03. The largest absolute Gasteiger partial charge is 0.421 e. The normalized spacial score (nSPS) is 21.3. The zero-order chi connectivity index (χ0) is 18.0. The number of aliphatic imine (C=N–C) groups is 1. The highest BCUT2D eigenvalue weighted by atomic mass is 19.4. The zero-order valence-corrected chi connectivity index (χ0v) is 14.0. The molecule has 0 spiro atoms. The van der Waals surface area contributed by atoms with Crippen LogP contribution in [-0.4, -0.2) is 50.3 Å². The van der Waals surface area contributed by atoms with Crippen molar-refractivity contribution in [2.75, 3.05) is 26.7 Å². The molecular weight excluding hydrogens is 321 g/mol. The number of benzene rings is 1. The number of halogens is 3. The Bertz CT molecular complexity index is 637. The second-order valence-corrected chi connectivity index (χ2v) is 5.93. The van der Waals surface area contributed by atoms with Gasteiger partial charge in [-0.2, -0.15) is 13.2 Å². The van der Waals surface area contributed by atoms with E-state index in [9.17, 15) is 18.0 Å². The fourth-order valence-corrected chi connectivity index (χ4v) is 2.60. The van der Waals surface area contributed by atoms with Crippen LogP contribution in [-0.2, 0) is 10.3 Å². The Hall–Kier alpha value is -1.73. The first kappa shape index (κ1) is 18.6. The number of carbonyl (C=O) groups excluding carboxylic acids is 1. The van der Waals surface area contributed by atoms with E-state index in [1.54, 1.807) is 13.1 Å². The summed E-state index contributed by atoms with van der Waals surface area (Å²) < 4.78 is 45.2. The maximum atomic E-state index is 13.4. The van der Waals surface area contributed by atoms with Gasteiger partial charge in [0.2, 0.25) is 0 Å². The molecule has 1 aromatic rings. The Kier molecular flexibility index (Phi) is 5.45. The van der Waals surface area contributed by atoms with Crippen molar-refractivity contribution in [3.05, 3.63) is 28.8 Å². The molecule has 1 aliphatic heterocycles. The molecule has 1 unspecified atom stereocenters. The van der Waals surface area contributed by atoms with E-state index in [1.165, 1.54) is 12.1 Å². The third-order valence-corrected chi connectivity index (χ3v) is 4.35. The van der Waals surface area contributed by atoms with E-state index in [0.717, 1.165) is 6.54 Å². The number of aldehydes is 1. The minimum Gasteiger partial charge on any atom is -0.361 e. The van der Waals surface area contributed by atoms with Crippen molar-refractivity contribution in [1.29, 1.82) is 0 Å². The van der Waals surface area contributed by atoms with E-state index in [0.29, 0.717) is 24.1 Å². The van der Waals surface area contributed by atoms with Gasteiger partial charge in [-0.3, -0.25) is 9.79 Å². The van der Waals surface area contributed by atoms with Crippen LogP contribution >= 0.6 is 0 Å². The summed E-state index contributed by atoms with van der Waals surface area (Å²) in [6, 6.07) is 2.77. The summed E-state index contributed by atoms with van der Waals surface area (Å²) >= 11 is 0. The molecule has 1 saturated heterocycles. The molecule has 0 bridgehead atoms. The van der Waals surface area contributed by atoms with Crippen LogP contribution in [0.4, 0.5) is 18.9 Å². The van der Waals surface area contributed by atoms with Gasteiger partial charge in [-0.25, -0.2) is 0 Å². The summed E-state index contributed by atoms with van der Waals surface area (Å²) in [6.45, 7) is 5.18. The third kappa shape index (κ3) is 3.37. The van der Waals surface area contributed by atoms with Crippen LogP contribution < -0.4 is 0 Å². The molecule has 7 heteroatoms. The Labute approximate surface area is 139 Å². The van der Waals surface area contributed by atoms with Crippen LogP contribution in [0.5, 0.6) is 0 Å². The van der Waals surface area contributed by atoms with Crippen LogP contribution in [0.3, 0.4) is 0 Å². The SMILES string of the molecule is CCN(C)CC=Nc1cc(C=O)c(C2(C(F)(F)F)CCO2)cc1C. The van der Waals surface area contributed by atoms with Gasteiger partial charge in [0.05, 0.1) is 12.3 Å². The molecule has 4 nitrogen and oxygen atoms in total. The fourth-order valence-electron chi connectivity index (χ4n) is 2.60. The van der Waals surface area contributed by atoms with Gasteiger partial charge in [0.1, 0.15) is 0 Å². The molecule has 1 aliphatic rings. The molecule has 132 valence electrons. The topological polar surface area (TPSA) is 41.9 Å². The van der Waals surface area contributed by atoms with E-state index >= 15 is 0 Å². The third-order valence-electron chi connectivity index (χ3n) is 4.35. The second-order valence-electron chi connectivity index (χ2n) is 5.93. The van der Waals surface area contributed by atoms with Gasteiger partial charge in [0.25, 0.3) is 0 Å². The van der Waals surface area contributed by atoms with Crippen molar-refractivity contribution in [1.82, 2.24) is 4.90 Å². The molecule has 0 aliphatic carbocycles. The maximum Gasteiger partial charge on any atom is 0.421 e. The van der Waals surface area contributed by atoms with Gasteiger partial charge in [-0.1, -0.05) is 6.92 Å². The minimum absolute atomic E-state index is 0.0279.